The van der Waals surface area contributed by atoms with Crippen LogP contribution in [0.15, 0.2) is 4.42 Å². The summed E-state index contributed by atoms with van der Waals surface area (Å²) >= 11 is 1.79. The van der Waals surface area contributed by atoms with Gasteiger partial charge in [0.25, 0.3) is 0 Å². The van der Waals surface area contributed by atoms with Gasteiger partial charge in [-0.15, -0.1) is 10.2 Å². The fourth-order valence-electron chi connectivity index (χ4n) is 1.31. The molecule has 1 aromatic heterocycles. The third-order valence-electron chi connectivity index (χ3n) is 2.15. The van der Waals surface area contributed by atoms with Gasteiger partial charge in [0.2, 0.25) is 11.8 Å². The summed E-state index contributed by atoms with van der Waals surface area (Å²) in [5, 5.41) is 11.4. The molecule has 0 aromatic carbocycles. The minimum Gasteiger partial charge on any atom is -0.425 e. The zero-order valence-electron chi connectivity index (χ0n) is 10.3. The molecule has 0 unspecified atom stereocenters. The second kappa shape index (κ2) is 7.68. The Morgan fingerprint density at radius 1 is 1.25 bits per heavy atom. The van der Waals surface area contributed by atoms with E-state index in [-0.39, 0.29) is 0 Å². The second-order valence-corrected chi connectivity index (χ2v) is 5.03. The van der Waals surface area contributed by atoms with E-state index in [1.165, 1.54) is 0 Å². The van der Waals surface area contributed by atoms with Gasteiger partial charge in [0.15, 0.2) is 0 Å². The van der Waals surface area contributed by atoms with Gasteiger partial charge in [-0.1, -0.05) is 13.8 Å². The van der Waals surface area contributed by atoms with Crippen LogP contribution in [0.5, 0.6) is 0 Å². The molecular formula is C11H21N3OS. The molecule has 0 amide bonds. The van der Waals surface area contributed by atoms with Crippen molar-refractivity contribution in [3.63, 3.8) is 0 Å². The van der Waals surface area contributed by atoms with Crippen molar-refractivity contribution in [3.05, 3.63) is 11.8 Å². The summed E-state index contributed by atoms with van der Waals surface area (Å²) in [6, 6.07) is 0.542. The molecule has 92 valence electrons. The van der Waals surface area contributed by atoms with E-state index < -0.39 is 0 Å². The molecule has 0 saturated heterocycles. The molecule has 1 N–H and O–H groups in total. The van der Waals surface area contributed by atoms with E-state index in [1.807, 2.05) is 0 Å². The summed E-state index contributed by atoms with van der Waals surface area (Å²) < 4.78 is 5.53. The lowest BCUT2D eigenvalue weighted by molar-refractivity contribution is 0.444. The summed E-state index contributed by atoms with van der Waals surface area (Å²) in [7, 11) is 0. The van der Waals surface area contributed by atoms with Gasteiger partial charge in [0.1, 0.15) is 0 Å². The molecule has 0 bridgehead atoms. The van der Waals surface area contributed by atoms with E-state index in [9.17, 15) is 0 Å². The molecule has 16 heavy (non-hydrogen) atoms. The number of hydrogen-bond acceptors (Lipinski definition) is 5. The Balaban J connectivity index is 2.19. The van der Waals surface area contributed by atoms with Crippen molar-refractivity contribution in [1.29, 1.82) is 0 Å². The van der Waals surface area contributed by atoms with Crippen molar-refractivity contribution in [2.45, 2.75) is 39.2 Å². The first-order chi connectivity index (χ1) is 7.72. The van der Waals surface area contributed by atoms with Crippen molar-refractivity contribution in [1.82, 2.24) is 15.5 Å². The normalized spacial score (nSPS) is 11.2. The van der Waals surface area contributed by atoms with Gasteiger partial charge in [-0.05, 0) is 19.2 Å². The first-order valence-electron chi connectivity index (χ1n) is 5.76. The van der Waals surface area contributed by atoms with E-state index >= 15 is 0 Å². The predicted octanol–water partition coefficient (Wildman–Crippen LogP) is 1.91. The molecule has 0 atom stereocenters. The van der Waals surface area contributed by atoms with Crippen LogP contribution in [0.4, 0.5) is 0 Å². The highest BCUT2D eigenvalue weighted by atomic mass is 32.2. The third-order valence-corrected chi connectivity index (χ3v) is 2.76. The summed E-state index contributed by atoms with van der Waals surface area (Å²) in [5.41, 5.74) is 0. The first kappa shape index (κ1) is 13.5. The molecule has 1 heterocycles. The number of nitrogens with zero attached hydrogens (tertiary/aromatic N) is 2. The SMILES string of the molecule is CSCCc1nnc(CCCNC(C)C)o1. The second-order valence-electron chi connectivity index (χ2n) is 4.04. The van der Waals surface area contributed by atoms with Gasteiger partial charge in [0.05, 0.1) is 0 Å². The molecule has 4 nitrogen and oxygen atoms in total. The van der Waals surface area contributed by atoms with E-state index in [2.05, 4.69) is 35.6 Å². The number of thioether (sulfide) groups is 1. The third kappa shape index (κ3) is 5.51. The topological polar surface area (TPSA) is 51.0 Å². The number of rotatable bonds is 8. The van der Waals surface area contributed by atoms with E-state index in [0.717, 1.165) is 43.3 Å². The highest BCUT2D eigenvalue weighted by Gasteiger charge is 2.05. The maximum Gasteiger partial charge on any atom is 0.217 e. The van der Waals surface area contributed by atoms with Gasteiger partial charge in [-0.2, -0.15) is 11.8 Å². The number of aromatic nitrogens is 2. The standard InChI is InChI=1S/C11H21N3OS/c1-9(2)12-7-4-5-10-13-14-11(15-10)6-8-16-3/h9,12H,4-8H2,1-3H3. The molecule has 0 fully saturated rings. The Morgan fingerprint density at radius 3 is 2.56 bits per heavy atom. The Labute approximate surface area is 102 Å². The van der Waals surface area contributed by atoms with Crippen molar-refractivity contribution < 1.29 is 4.42 Å². The fourth-order valence-corrected chi connectivity index (χ4v) is 1.69. The van der Waals surface area contributed by atoms with E-state index in [4.69, 9.17) is 4.42 Å². The summed E-state index contributed by atoms with van der Waals surface area (Å²) in [5.74, 6) is 2.57. The molecule has 0 aliphatic carbocycles. The largest absolute Gasteiger partial charge is 0.425 e. The highest BCUT2D eigenvalue weighted by Crippen LogP contribution is 2.05. The van der Waals surface area contributed by atoms with Crippen LogP contribution in [0.25, 0.3) is 0 Å². The molecule has 0 aliphatic rings. The lowest BCUT2D eigenvalue weighted by atomic mass is 10.3. The quantitative estimate of drug-likeness (QED) is 0.707. The van der Waals surface area contributed by atoms with Gasteiger partial charge in [-0.25, -0.2) is 0 Å². The molecule has 0 saturated carbocycles. The van der Waals surface area contributed by atoms with Crippen LogP contribution in [0.2, 0.25) is 0 Å². The zero-order valence-corrected chi connectivity index (χ0v) is 11.1. The Morgan fingerprint density at radius 2 is 1.94 bits per heavy atom. The van der Waals surface area contributed by atoms with Crippen LogP contribution >= 0.6 is 11.8 Å². The smallest absolute Gasteiger partial charge is 0.217 e. The maximum atomic E-state index is 5.53. The van der Waals surface area contributed by atoms with Crippen LogP contribution in [0, 0.1) is 0 Å². The fraction of sp³-hybridized carbons (Fsp3) is 0.818. The molecular weight excluding hydrogens is 222 g/mol. The number of aryl methyl sites for hydroxylation is 2. The van der Waals surface area contributed by atoms with Crippen molar-refractivity contribution in [2.24, 2.45) is 0 Å². The van der Waals surface area contributed by atoms with Gasteiger partial charge >= 0.3 is 0 Å². The lowest BCUT2D eigenvalue weighted by Crippen LogP contribution is -2.23. The Bertz CT molecular complexity index is 289. The summed E-state index contributed by atoms with van der Waals surface area (Å²) in [6.07, 6.45) is 4.86. The average Bonchev–Trinajstić information content (AvgIpc) is 2.69. The van der Waals surface area contributed by atoms with Gasteiger partial charge in [0, 0.05) is 24.6 Å². The van der Waals surface area contributed by atoms with Crippen molar-refractivity contribution >= 4 is 11.8 Å². The van der Waals surface area contributed by atoms with Crippen LogP contribution < -0.4 is 5.32 Å². The maximum absolute atomic E-state index is 5.53. The van der Waals surface area contributed by atoms with Crippen LogP contribution in [-0.4, -0.2) is 34.8 Å². The van der Waals surface area contributed by atoms with Crippen molar-refractivity contribution in [3.8, 4) is 0 Å². The van der Waals surface area contributed by atoms with E-state index in [0.29, 0.717) is 6.04 Å². The molecule has 0 aliphatic heterocycles. The minimum atomic E-state index is 0.542. The molecule has 0 spiro atoms. The average molecular weight is 243 g/mol. The van der Waals surface area contributed by atoms with Crippen molar-refractivity contribution in [2.75, 3.05) is 18.6 Å². The molecule has 5 heteroatoms. The summed E-state index contributed by atoms with van der Waals surface area (Å²) in [6.45, 7) is 5.29. The molecule has 1 rings (SSSR count). The Hall–Kier alpha value is -0.550. The van der Waals surface area contributed by atoms with Gasteiger partial charge in [-0.3, -0.25) is 0 Å². The lowest BCUT2D eigenvalue weighted by Gasteiger charge is -2.05. The van der Waals surface area contributed by atoms with Gasteiger partial charge < -0.3 is 9.73 Å². The van der Waals surface area contributed by atoms with Crippen LogP contribution in [0.1, 0.15) is 32.0 Å². The number of hydrogen-bond donors (Lipinski definition) is 1. The minimum absolute atomic E-state index is 0.542. The monoisotopic (exact) mass is 243 g/mol. The van der Waals surface area contributed by atoms with Crippen LogP contribution in [0.3, 0.4) is 0 Å². The van der Waals surface area contributed by atoms with Crippen LogP contribution in [-0.2, 0) is 12.8 Å². The summed E-state index contributed by atoms with van der Waals surface area (Å²) in [4.78, 5) is 0. The highest BCUT2D eigenvalue weighted by molar-refractivity contribution is 7.98. The zero-order chi connectivity index (χ0) is 11.8. The number of nitrogens with one attached hydrogen (secondary N) is 1. The first-order valence-corrected chi connectivity index (χ1v) is 7.15. The Kier molecular flexibility index (Phi) is 6.49. The molecule has 0 radical (unpaired) electrons. The van der Waals surface area contributed by atoms with E-state index in [1.54, 1.807) is 11.8 Å². The molecule has 1 aromatic rings. The predicted molar refractivity (Wildman–Crippen MR) is 67.8 cm³/mol.